The molecule has 0 bridgehead atoms. The summed E-state index contributed by atoms with van der Waals surface area (Å²) in [5.41, 5.74) is 9.45. The van der Waals surface area contributed by atoms with Crippen molar-refractivity contribution in [2.45, 2.75) is 13.0 Å². The molecular weight excluding hydrogens is 264 g/mol. The minimum absolute atomic E-state index is 0.136. The number of rotatable bonds is 2. The van der Waals surface area contributed by atoms with Crippen molar-refractivity contribution in [2.75, 3.05) is 0 Å². The summed E-state index contributed by atoms with van der Waals surface area (Å²) in [6.45, 7) is 2.02. The summed E-state index contributed by atoms with van der Waals surface area (Å²) in [5, 5.41) is 0. The molecule has 1 unspecified atom stereocenters. The zero-order valence-electron chi connectivity index (χ0n) is 9.02. The van der Waals surface area contributed by atoms with Crippen molar-refractivity contribution in [2.24, 2.45) is 5.73 Å². The van der Waals surface area contributed by atoms with Crippen LogP contribution in [0.3, 0.4) is 0 Å². The lowest BCUT2D eigenvalue weighted by Gasteiger charge is -2.14. The summed E-state index contributed by atoms with van der Waals surface area (Å²) in [6, 6.07) is 9.92. The van der Waals surface area contributed by atoms with Gasteiger partial charge in [0, 0.05) is 16.9 Å². The van der Waals surface area contributed by atoms with Gasteiger partial charge in [0.1, 0.15) is 0 Å². The van der Waals surface area contributed by atoms with Gasteiger partial charge in [-0.3, -0.25) is 4.98 Å². The Morgan fingerprint density at radius 2 is 2.00 bits per heavy atom. The van der Waals surface area contributed by atoms with Gasteiger partial charge in [-0.05, 0) is 29.7 Å². The smallest absolute Gasteiger partial charge is 0.0578 e. The lowest BCUT2D eigenvalue weighted by Crippen LogP contribution is -2.12. The average molecular weight is 277 g/mol. The fraction of sp³-hybridized carbons (Fsp3) is 0.154. The second-order valence-corrected chi connectivity index (χ2v) is 4.65. The molecule has 1 aromatic carbocycles. The van der Waals surface area contributed by atoms with Crippen LogP contribution < -0.4 is 5.73 Å². The van der Waals surface area contributed by atoms with Crippen LogP contribution in [0, 0.1) is 6.92 Å². The number of hydrogen-bond donors (Lipinski definition) is 1. The van der Waals surface area contributed by atoms with Crippen LogP contribution in [0.15, 0.2) is 47.2 Å². The second kappa shape index (κ2) is 4.76. The van der Waals surface area contributed by atoms with E-state index in [0.29, 0.717) is 0 Å². The van der Waals surface area contributed by atoms with Crippen LogP contribution >= 0.6 is 15.9 Å². The van der Waals surface area contributed by atoms with Crippen molar-refractivity contribution in [3.05, 3.63) is 63.9 Å². The molecular formula is C13H13BrN2. The Morgan fingerprint density at radius 3 is 2.69 bits per heavy atom. The molecule has 0 saturated carbocycles. The van der Waals surface area contributed by atoms with Gasteiger partial charge in [0.15, 0.2) is 0 Å². The van der Waals surface area contributed by atoms with Crippen LogP contribution in [0.5, 0.6) is 0 Å². The third-order valence-electron chi connectivity index (χ3n) is 2.50. The van der Waals surface area contributed by atoms with E-state index in [1.54, 1.807) is 0 Å². The Kier molecular flexibility index (Phi) is 3.36. The molecule has 2 N–H and O–H groups in total. The molecule has 0 aliphatic rings. The highest BCUT2D eigenvalue weighted by Gasteiger charge is 2.11. The first-order chi connectivity index (χ1) is 7.68. The predicted octanol–water partition coefficient (Wildman–Crippen LogP) is 3.20. The van der Waals surface area contributed by atoms with E-state index in [1.165, 1.54) is 0 Å². The second-order valence-electron chi connectivity index (χ2n) is 3.79. The summed E-state index contributed by atoms with van der Waals surface area (Å²) in [5.74, 6) is 0. The lowest BCUT2D eigenvalue weighted by molar-refractivity contribution is 0.855. The Hall–Kier alpha value is -1.19. The van der Waals surface area contributed by atoms with E-state index >= 15 is 0 Å². The molecule has 0 fully saturated rings. The van der Waals surface area contributed by atoms with Gasteiger partial charge in [-0.15, -0.1) is 0 Å². The number of aromatic nitrogens is 1. The highest BCUT2D eigenvalue weighted by atomic mass is 79.9. The third-order valence-corrected chi connectivity index (χ3v) is 3.22. The standard InChI is InChI=1S/C13H13BrN2/c1-9-6-10(8-16-7-9)13(15)11-4-2-3-5-12(11)14/h2-8,13H,15H2,1H3. The number of pyridine rings is 1. The average Bonchev–Trinajstić information content (AvgIpc) is 2.29. The summed E-state index contributed by atoms with van der Waals surface area (Å²) in [4.78, 5) is 4.17. The molecule has 0 saturated heterocycles. The first kappa shape index (κ1) is 11.3. The van der Waals surface area contributed by atoms with Crippen molar-refractivity contribution in [1.29, 1.82) is 0 Å². The fourth-order valence-corrected chi connectivity index (χ4v) is 2.19. The molecule has 1 aromatic heterocycles. The van der Waals surface area contributed by atoms with E-state index in [1.807, 2.05) is 43.6 Å². The third kappa shape index (κ3) is 2.31. The number of nitrogens with zero attached hydrogens (tertiary/aromatic N) is 1. The Balaban J connectivity index is 2.39. The van der Waals surface area contributed by atoms with Crippen LogP contribution in [-0.2, 0) is 0 Å². The number of benzene rings is 1. The van der Waals surface area contributed by atoms with Gasteiger partial charge >= 0.3 is 0 Å². The number of aryl methyl sites for hydroxylation is 1. The van der Waals surface area contributed by atoms with Crippen molar-refractivity contribution in [3.63, 3.8) is 0 Å². The fourth-order valence-electron chi connectivity index (χ4n) is 1.66. The summed E-state index contributed by atoms with van der Waals surface area (Å²) >= 11 is 3.51. The zero-order chi connectivity index (χ0) is 11.5. The number of hydrogen-bond acceptors (Lipinski definition) is 2. The van der Waals surface area contributed by atoms with E-state index in [9.17, 15) is 0 Å². The molecule has 0 aliphatic carbocycles. The van der Waals surface area contributed by atoms with Crippen molar-refractivity contribution >= 4 is 15.9 Å². The molecule has 0 spiro atoms. The molecule has 3 heteroatoms. The van der Waals surface area contributed by atoms with Gasteiger partial charge in [0.2, 0.25) is 0 Å². The SMILES string of the molecule is Cc1cncc(C(N)c2ccccc2Br)c1. The summed E-state index contributed by atoms with van der Waals surface area (Å²) in [7, 11) is 0. The lowest BCUT2D eigenvalue weighted by atomic mass is 10.0. The normalized spacial score (nSPS) is 12.4. The molecule has 2 nitrogen and oxygen atoms in total. The molecule has 2 aromatic rings. The maximum atomic E-state index is 6.22. The molecule has 0 radical (unpaired) electrons. The van der Waals surface area contributed by atoms with E-state index in [-0.39, 0.29) is 6.04 Å². The van der Waals surface area contributed by atoms with Gasteiger partial charge in [-0.2, -0.15) is 0 Å². The Labute approximate surface area is 104 Å². The van der Waals surface area contributed by atoms with Gasteiger partial charge in [0.25, 0.3) is 0 Å². The minimum Gasteiger partial charge on any atom is -0.320 e. The molecule has 1 atom stereocenters. The first-order valence-corrected chi connectivity index (χ1v) is 5.89. The molecule has 16 heavy (non-hydrogen) atoms. The molecule has 2 rings (SSSR count). The minimum atomic E-state index is -0.136. The zero-order valence-corrected chi connectivity index (χ0v) is 10.6. The van der Waals surface area contributed by atoms with Gasteiger partial charge < -0.3 is 5.73 Å². The van der Waals surface area contributed by atoms with E-state index in [2.05, 4.69) is 27.0 Å². The number of nitrogens with two attached hydrogens (primary N) is 1. The molecule has 0 amide bonds. The number of halogens is 1. The predicted molar refractivity (Wildman–Crippen MR) is 69.1 cm³/mol. The monoisotopic (exact) mass is 276 g/mol. The summed E-state index contributed by atoms with van der Waals surface area (Å²) in [6.07, 6.45) is 3.65. The largest absolute Gasteiger partial charge is 0.320 e. The van der Waals surface area contributed by atoms with E-state index in [4.69, 9.17) is 5.73 Å². The van der Waals surface area contributed by atoms with Gasteiger partial charge in [-0.25, -0.2) is 0 Å². The molecule has 82 valence electrons. The van der Waals surface area contributed by atoms with Gasteiger partial charge in [0.05, 0.1) is 6.04 Å². The Bertz CT molecular complexity index is 497. The van der Waals surface area contributed by atoms with Crippen LogP contribution in [0.25, 0.3) is 0 Å². The Morgan fingerprint density at radius 1 is 1.25 bits per heavy atom. The molecule has 1 heterocycles. The maximum Gasteiger partial charge on any atom is 0.0578 e. The van der Waals surface area contributed by atoms with Crippen molar-refractivity contribution < 1.29 is 0 Å². The van der Waals surface area contributed by atoms with E-state index in [0.717, 1.165) is 21.2 Å². The maximum absolute atomic E-state index is 6.22. The highest BCUT2D eigenvalue weighted by molar-refractivity contribution is 9.10. The van der Waals surface area contributed by atoms with Crippen molar-refractivity contribution in [3.8, 4) is 0 Å². The van der Waals surface area contributed by atoms with E-state index < -0.39 is 0 Å². The van der Waals surface area contributed by atoms with Gasteiger partial charge in [-0.1, -0.05) is 40.2 Å². The van der Waals surface area contributed by atoms with Crippen LogP contribution in [0.1, 0.15) is 22.7 Å². The summed E-state index contributed by atoms with van der Waals surface area (Å²) < 4.78 is 1.03. The van der Waals surface area contributed by atoms with Crippen LogP contribution in [0.4, 0.5) is 0 Å². The molecule has 0 aliphatic heterocycles. The topological polar surface area (TPSA) is 38.9 Å². The highest BCUT2D eigenvalue weighted by Crippen LogP contribution is 2.26. The van der Waals surface area contributed by atoms with Crippen LogP contribution in [0.2, 0.25) is 0 Å². The quantitative estimate of drug-likeness (QED) is 0.915. The van der Waals surface area contributed by atoms with Crippen LogP contribution in [-0.4, -0.2) is 4.98 Å². The van der Waals surface area contributed by atoms with Crippen molar-refractivity contribution in [1.82, 2.24) is 4.98 Å². The first-order valence-electron chi connectivity index (χ1n) is 5.10.